The monoisotopic (exact) mass is 490 g/mol. The number of amides is 1. The van der Waals surface area contributed by atoms with E-state index in [1.54, 1.807) is 19.3 Å². The molecule has 1 fully saturated rings. The van der Waals surface area contributed by atoms with Gasteiger partial charge in [-0.3, -0.25) is 14.7 Å². The SMILES string of the molecule is C=CCO[C@@H]1[C@H]2N=C(N(C)C(=O)O)S[C@H]2O[C@H](C(=O)CCc2ccc(OC)cc2)[C@H]1OCC=C. The van der Waals surface area contributed by atoms with E-state index in [1.165, 1.54) is 7.05 Å². The first kappa shape index (κ1) is 26.0. The lowest BCUT2D eigenvalue weighted by atomic mass is 9.92. The number of aliphatic imine (C=N–C) groups is 1. The Morgan fingerprint density at radius 2 is 1.82 bits per heavy atom. The van der Waals surface area contributed by atoms with E-state index in [-0.39, 0.29) is 30.6 Å². The van der Waals surface area contributed by atoms with Gasteiger partial charge in [-0.05, 0) is 24.1 Å². The molecular formula is C24H30N2O7S. The van der Waals surface area contributed by atoms with Crippen LogP contribution in [0.5, 0.6) is 5.75 Å². The van der Waals surface area contributed by atoms with E-state index < -0.39 is 35.9 Å². The van der Waals surface area contributed by atoms with Crippen LogP contribution in [0.3, 0.4) is 0 Å². The third-order valence-corrected chi connectivity index (χ3v) is 6.74. The van der Waals surface area contributed by atoms with Crippen molar-refractivity contribution in [3.8, 4) is 5.75 Å². The number of hydrogen-bond donors (Lipinski definition) is 1. The molecule has 1 amide bonds. The van der Waals surface area contributed by atoms with Gasteiger partial charge in [0.1, 0.15) is 35.5 Å². The molecule has 9 nitrogen and oxygen atoms in total. The van der Waals surface area contributed by atoms with Gasteiger partial charge in [0.05, 0.1) is 20.3 Å². The zero-order valence-corrected chi connectivity index (χ0v) is 20.1. The number of ether oxygens (including phenoxy) is 4. The second kappa shape index (κ2) is 12.2. The van der Waals surface area contributed by atoms with Gasteiger partial charge in [0, 0.05) is 13.5 Å². The summed E-state index contributed by atoms with van der Waals surface area (Å²) in [4.78, 5) is 30.3. The topological polar surface area (TPSA) is 107 Å². The van der Waals surface area contributed by atoms with Gasteiger partial charge in [-0.2, -0.15) is 0 Å². The van der Waals surface area contributed by atoms with Crippen LogP contribution in [0.1, 0.15) is 12.0 Å². The maximum absolute atomic E-state index is 13.3. The summed E-state index contributed by atoms with van der Waals surface area (Å²) >= 11 is 1.16. The normalized spacial score (nSPS) is 25.7. The molecule has 0 bridgehead atoms. The first-order valence-corrected chi connectivity index (χ1v) is 11.7. The summed E-state index contributed by atoms with van der Waals surface area (Å²) < 4.78 is 23.3. The predicted molar refractivity (Wildman–Crippen MR) is 129 cm³/mol. The molecule has 0 aromatic heterocycles. The van der Waals surface area contributed by atoms with Crippen molar-refractivity contribution in [1.29, 1.82) is 0 Å². The molecule has 2 aliphatic heterocycles. The number of amidine groups is 1. The van der Waals surface area contributed by atoms with Crippen LogP contribution in [0.15, 0.2) is 54.6 Å². The van der Waals surface area contributed by atoms with E-state index in [0.717, 1.165) is 28.0 Å². The molecule has 0 radical (unpaired) electrons. The Morgan fingerprint density at radius 3 is 2.41 bits per heavy atom. The number of ketones is 1. The summed E-state index contributed by atoms with van der Waals surface area (Å²) in [7, 11) is 3.01. The predicted octanol–water partition coefficient (Wildman–Crippen LogP) is 3.15. The Labute approximate surface area is 203 Å². The van der Waals surface area contributed by atoms with Crippen molar-refractivity contribution in [3.63, 3.8) is 0 Å². The Kier molecular flexibility index (Phi) is 9.28. The van der Waals surface area contributed by atoms with Crippen molar-refractivity contribution >= 4 is 28.8 Å². The molecule has 1 saturated heterocycles. The second-order valence-electron chi connectivity index (χ2n) is 7.77. The van der Waals surface area contributed by atoms with Crippen LogP contribution in [0.2, 0.25) is 0 Å². The molecule has 10 heteroatoms. The average molecular weight is 491 g/mol. The summed E-state index contributed by atoms with van der Waals surface area (Å²) in [5.74, 6) is 0.619. The second-order valence-corrected chi connectivity index (χ2v) is 8.84. The fourth-order valence-corrected chi connectivity index (χ4v) is 4.92. The molecular weight excluding hydrogens is 460 g/mol. The Morgan fingerprint density at radius 1 is 1.18 bits per heavy atom. The number of Topliss-reactive ketones (excluding diaryl/α,β-unsaturated/α-hetero) is 1. The zero-order valence-electron chi connectivity index (χ0n) is 19.3. The minimum Gasteiger partial charge on any atom is -0.497 e. The highest BCUT2D eigenvalue weighted by Gasteiger charge is 2.53. The molecule has 184 valence electrons. The number of nitrogens with zero attached hydrogens (tertiary/aromatic N) is 2. The molecule has 3 rings (SSSR count). The number of carboxylic acid groups (broad SMARTS) is 1. The largest absolute Gasteiger partial charge is 0.497 e. The van der Waals surface area contributed by atoms with Gasteiger partial charge in [-0.1, -0.05) is 36.0 Å². The van der Waals surface area contributed by atoms with Crippen LogP contribution >= 0.6 is 11.8 Å². The van der Waals surface area contributed by atoms with E-state index >= 15 is 0 Å². The molecule has 0 saturated carbocycles. The lowest BCUT2D eigenvalue weighted by molar-refractivity contribution is -0.188. The number of fused-ring (bicyclic) bond motifs is 1. The summed E-state index contributed by atoms with van der Waals surface area (Å²) in [5, 5.41) is 9.63. The number of hydrogen-bond acceptors (Lipinski definition) is 8. The van der Waals surface area contributed by atoms with E-state index in [0.29, 0.717) is 6.42 Å². The van der Waals surface area contributed by atoms with Crippen molar-refractivity contribution in [2.45, 2.75) is 42.6 Å². The third-order valence-electron chi connectivity index (χ3n) is 5.52. The number of benzene rings is 1. The minimum absolute atomic E-state index is 0.129. The lowest BCUT2D eigenvalue weighted by Crippen LogP contribution is -2.59. The molecule has 34 heavy (non-hydrogen) atoms. The van der Waals surface area contributed by atoms with Gasteiger partial charge in [-0.25, -0.2) is 4.79 Å². The summed E-state index contributed by atoms with van der Waals surface area (Å²) in [6.07, 6.45) is 0.563. The molecule has 1 aromatic rings. The standard InChI is InChI=1S/C24H30N2O7S/c1-5-13-31-20-18-22(34-23(25-18)26(3)24(28)29)33-19(21(20)32-14-6-2)17(27)12-9-15-7-10-16(30-4)11-8-15/h5-8,10-11,18-22H,1-2,9,12-14H2,3-4H3,(H,28,29)/t18-,19-,20-,21-,22-/m1/s1. The first-order valence-electron chi connectivity index (χ1n) is 10.9. The smallest absolute Gasteiger partial charge is 0.413 e. The number of thioether (sulfide) groups is 1. The maximum Gasteiger partial charge on any atom is 0.413 e. The Hall–Kier alpha value is -2.66. The first-order chi connectivity index (χ1) is 16.4. The molecule has 1 aromatic carbocycles. The average Bonchev–Trinajstić information content (AvgIpc) is 3.28. The third kappa shape index (κ3) is 6.06. The highest BCUT2D eigenvalue weighted by molar-refractivity contribution is 8.14. The van der Waals surface area contributed by atoms with Gasteiger partial charge in [0.25, 0.3) is 0 Å². The maximum atomic E-state index is 13.3. The fraction of sp³-hybridized carbons (Fsp3) is 0.458. The molecule has 0 aliphatic carbocycles. The highest BCUT2D eigenvalue weighted by atomic mass is 32.2. The number of rotatable bonds is 11. The zero-order chi connectivity index (χ0) is 24.7. The Balaban J connectivity index is 1.80. The summed E-state index contributed by atoms with van der Waals surface area (Å²) in [6.45, 7) is 7.81. The van der Waals surface area contributed by atoms with E-state index in [1.807, 2.05) is 24.3 Å². The van der Waals surface area contributed by atoms with Crippen LogP contribution in [-0.4, -0.2) is 84.2 Å². The summed E-state index contributed by atoms with van der Waals surface area (Å²) in [6, 6.07) is 7.00. The number of carbonyl (C=O) groups is 2. The van der Waals surface area contributed by atoms with Crippen LogP contribution in [0, 0.1) is 0 Å². The molecule has 2 aliphatic rings. The van der Waals surface area contributed by atoms with Gasteiger partial charge in [-0.15, -0.1) is 13.2 Å². The van der Waals surface area contributed by atoms with Crippen LogP contribution in [-0.2, 0) is 25.4 Å². The minimum atomic E-state index is -1.14. The quantitative estimate of drug-likeness (QED) is 0.472. The van der Waals surface area contributed by atoms with Gasteiger partial charge < -0.3 is 24.1 Å². The highest BCUT2D eigenvalue weighted by Crippen LogP contribution is 2.40. The molecule has 0 unspecified atom stereocenters. The molecule has 5 atom stereocenters. The Bertz CT molecular complexity index is 920. The molecule has 1 N–H and O–H groups in total. The van der Waals surface area contributed by atoms with Crippen LogP contribution in [0.25, 0.3) is 0 Å². The van der Waals surface area contributed by atoms with Crippen LogP contribution in [0.4, 0.5) is 4.79 Å². The van der Waals surface area contributed by atoms with Crippen molar-refractivity contribution in [2.24, 2.45) is 4.99 Å². The van der Waals surface area contributed by atoms with E-state index in [2.05, 4.69) is 18.2 Å². The lowest BCUT2D eigenvalue weighted by Gasteiger charge is -2.41. The fourth-order valence-electron chi connectivity index (χ4n) is 3.76. The van der Waals surface area contributed by atoms with Gasteiger partial charge in [0.15, 0.2) is 11.0 Å². The molecule has 2 heterocycles. The number of aryl methyl sites for hydroxylation is 1. The van der Waals surface area contributed by atoms with E-state index in [9.17, 15) is 14.7 Å². The van der Waals surface area contributed by atoms with Crippen molar-refractivity contribution in [1.82, 2.24) is 4.90 Å². The number of carbonyl (C=O) groups excluding carboxylic acids is 1. The summed E-state index contributed by atoms with van der Waals surface area (Å²) in [5.41, 5.74) is 0.417. The van der Waals surface area contributed by atoms with Crippen molar-refractivity contribution < 1.29 is 33.6 Å². The molecule has 0 spiro atoms. The van der Waals surface area contributed by atoms with Crippen LogP contribution < -0.4 is 4.74 Å². The van der Waals surface area contributed by atoms with E-state index in [4.69, 9.17) is 18.9 Å². The van der Waals surface area contributed by atoms with Crippen molar-refractivity contribution in [2.75, 3.05) is 27.4 Å². The van der Waals surface area contributed by atoms with Gasteiger partial charge in [0.2, 0.25) is 0 Å². The van der Waals surface area contributed by atoms with Crippen molar-refractivity contribution in [3.05, 3.63) is 55.1 Å². The van der Waals surface area contributed by atoms with Gasteiger partial charge >= 0.3 is 6.09 Å². The number of methoxy groups -OCH3 is 1.